The maximum absolute atomic E-state index is 13.4. The van der Waals surface area contributed by atoms with Crippen LogP contribution in [0, 0.1) is 10.1 Å². The summed E-state index contributed by atoms with van der Waals surface area (Å²) >= 11 is 0. The fraction of sp³-hybridized carbons (Fsp3) is 0.250. The number of sulfonamides is 1. The van der Waals surface area contributed by atoms with E-state index in [1.54, 1.807) is 30.3 Å². The average Bonchev–Trinajstić information content (AvgIpc) is 3.53. The van der Waals surface area contributed by atoms with Gasteiger partial charge in [-0.05, 0) is 60.9 Å². The number of hydrogen-bond acceptors (Lipinski definition) is 9. The highest BCUT2D eigenvalue weighted by Gasteiger charge is 2.31. The second kappa shape index (κ2) is 14.2. The lowest BCUT2D eigenvalue weighted by atomic mass is 10.2. The molecule has 0 bridgehead atoms. The molecule has 1 aliphatic rings. The van der Waals surface area contributed by atoms with Crippen molar-refractivity contribution in [1.82, 2.24) is 10.7 Å². The van der Waals surface area contributed by atoms with E-state index in [9.17, 15) is 28.1 Å². The van der Waals surface area contributed by atoms with Gasteiger partial charge in [0.1, 0.15) is 18.0 Å². The van der Waals surface area contributed by atoms with Crippen LogP contribution in [0.15, 0.2) is 88.9 Å². The molecular formula is C28H29N5O8S. The monoisotopic (exact) mass is 595 g/mol. The molecule has 42 heavy (non-hydrogen) atoms. The molecule has 3 aromatic rings. The third kappa shape index (κ3) is 8.11. The summed E-state index contributed by atoms with van der Waals surface area (Å²) in [5, 5.41) is 18.2. The van der Waals surface area contributed by atoms with Gasteiger partial charge in [0.25, 0.3) is 27.5 Å². The van der Waals surface area contributed by atoms with Crippen molar-refractivity contribution < 1.29 is 32.4 Å². The molecule has 2 N–H and O–H groups in total. The summed E-state index contributed by atoms with van der Waals surface area (Å²) in [6, 6.07) is 19.1. The van der Waals surface area contributed by atoms with Crippen molar-refractivity contribution in [3.05, 3.63) is 94.5 Å². The molecule has 0 saturated carbocycles. The van der Waals surface area contributed by atoms with Crippen molar-refractivity contribution in [2.24, 2.45) is 5.10 Å². The first-order chi connectivity index (χ1) is 20.2. The minimum Gasteiger partial charge on any atom is -0.484 e. The summed E-state index contributed by atoms with van der Waals surface area (Å²) in [4.78, 5) is 35.5. The molecular weight excluding hydrogens is 566 g/mol. The molecule has 1 saturated heterocycles. The summed E-state index contributed by atoms with van der Waals surface area (Å²) in [6.45, 7) is 0.240. The number of hydrogen-bond donors (Lipinski definition) is 2. The number of amides is 2. The normalized spacial score (nSPS) is 14.8. The first-order valence-electron chi connectivity index (χ1n) is 13.0. The number of rotatable bonds is 13. The second-order valence-corrected chi connectivity index (χ2v) is 11.0. The Kier molecular flexibility index (Phi) is 10.2. The Morgan fingerprint density at radius 1 is 1.05 bits per heavy atom. The number of anilines is 1. The van der Waals surface area contributed by atoms with Crippen LogP contribution in [0.3, 0.4) is 0 Å². The molecule has 1 aliphatic heterocycles. The van der Waals surface area contributed by atoms with Gasteiger partial charge in [-0.25, -0.2) is 18.1 Å². The zero-order valence-electron chi connectivity index (χ0n) is 22.4. The van der Waals surface area contributed by atoms with Gasteiger partial charge in [0.05, 0.1) is 22.1 Å². The van der Waals surface area contributed by atoms with E-state index in [1.807, 2.05) is 0 Å². The lowest BCUT2D eigenvalue weighted by Crippen LogP contribution is -2.39. The predicted molar refractivity (Wildman–Crippen MR) is 154 cm³/mol. The van der Waals surface area contributed by atoms with Gasteiger partial charge in [-0.2, -0.15) is 5.10 Å². The molecule has 0 unspecified atom stereocenters. The van der Waals surface area contributed by atoms with Gasteiger partial charge in [-0.1, -0.05) is 30.3 Å². The highest BCUT2D eigenvalue weighted by molar-refractivity contribution is 7.92. The third-order valence-electron chi connectivity index (χ3n) is 6.17. The van der Waals surface area contributed by atoms with Gasteiger partial charge in [0.2, 0.25) is 0 Å². The molecule has 2 amide bonds. The van der Waals surface area contributed by atoms with Gasteiger partial charge < -0.3 is 14.8 Å². The predicted octanol–water partition coefficient (Wildman–Crippen LogP) is 2.61. The van der Waals surface area contributed by atoms with E-state index in [2.05, 4.69) is 15.8 Å². The molecule has 0 radical (unpaired) electrons. The number of benzene rings is 3. The fourth-order valence-electron chi connectivity index (χ4n) is 4.08. The van der Waals surface area contributed by atoms with Gasteiger partial charge in [0, 0.05) is 19.2 Å². The smallest absolute Gasteiger partial charge is 0.293 e. The molecule has 220 valence electrons. The Labute approximate surface area is 242 Å². The molecule has 1 heterocycles. The molecule has 0 spiro atoms. The van der Waals surface area contributed by atoms with Crippen molar-refractivity contribution >= 4 is 39.4 Å². The summed E-state index contributed by atoms with van der Waals surface area (Å²) in [7, 11) is -4.34. The number of nitro groups is 1. The summed E-state index contributed by atoms with van der Waals surface area (Å²) in [5.41, 5.74) is 2.10. The zero-order valence-corrected chi connectivity index (χ0v) is 23.2. The van der Waals surface area contributed by atoms with Crippen molar-refractivity contribution in [1.29, 1.82) is 0 Å². The fourth-order valence-corrected chi connectivity index (χ4v) is 5.53. The molecule has 4 rings (SSSR count). The van der Waals surface area contributed by atoms with Crippen LogP contribution in [0.4, 0.5) is 11.4 Å². The molecule has 13 nitrogen and oxygen atoms in total. The molecule has 14 heteroatoms. The number of carbonyl (C=O) groups is 2. The lowest BCUT2D eigenvalue weighted by molar-refractivity contribution is -0.384. The van der Waals surface area contributed by atoms with Crippen LogP contribution in [0.1, 0.15) is 18.4 Å². The zero-order chi connectivity index (χ0) is 30.0. The van der Waals surface area contributed by atoms with Gasteiger partial charge in [-0.3, -0.25) is 19.7 Å². The summed E-state index contributed by atoms with van der Waals surface area (Å²) in [5.74, 6) is -0.629. The Morgan fingerprint density at radius 3 is 2.45 bits per heavy atom. The molecule has 1 fully saturated rings. The average molecular weight is 596 g/mol. The second-order valence-electron chi connectivity index (χ2n) is 9.16. The number of nitro benzene ring substituents is 1. The van der Waals surface area contributed by atoms with Crippen LogP contribution in [0.5, 0.6) is 5.75 Å². The number of carbonyl (C=O) groups excluding carboxylic acids is 2. The Bertz CT molecular complexity index is 1530. The number of hydrazone groups is 1. The van der Waals surface area contributed by atoms with Gasteiger partial charge in [-0.15, -0.1) is 0 Å². The van der Waals surface area contributed by atoms with E-state index in [4.69, 9.17) is 9.47 Å². The maximum atomic E-state index is 13.4. The molecule has 0 aliphatic carbocycles. The van der Waals surface area contributed by atoms with E-state index < -0.39 is 33.1 Å². The first-order valence-corrected chi connectivity index (χ1v) is 14.4. The Hall–Kier alpha value is -4.82. The van der Waals surface area contributed by atoms with Crippen molar-refractivity contribution in [2.45, 2.75) is 23.8 Å². The minimum absolute atomic E-state index is 0.0428. The largest absolute Gasteiger partial charge is 0.484 e. The number of para-hydroxylation sites is 2. The van der Waals surface area contributed by atoms with Crippen molar-refractivity contribution in [3.8, 4) is 5.75 Å². The number of nitrogens with zero attached hydrogens (tertiary/aromatic N) is 3. The summed E-state index contributed by atoms with van der Waals surface area (Å²) in [6.07, 6.45) is 3.28. The first kappa shape index (κ1) is 30.1. The Balaban J connectivity index is 1.36. The SMILES string of the molecule is O=C(COc1ccc(/C=N\NC(=O)CN(c2ccccc2[N+](=O)[O-])S(=O)(=O)c2ccccc2)cc1)NC[C@@H]1CCCO1. The Morgan fingerprint density at radius 2 is 1.76 bits per heavy atom. The van der Waals surface area contributed by atoms with Crippen LogP contribution < -0.4 is 19.8 Å². The van der Waals surface area contributed by atoms with Gasteiger partial charge in [0.15, 0.2) is 6.61 Å². The van der Waals surface area contributed by atoms with Crippen LogP contribution in [0.25, 0.3) is 0 Å². The van der Waals surface area contributed by atoms with E-state index in [-0.39, 0.29) is 29.2 Å². The quantitative estimate of drug-likeness (QED) is 0.173. The van der Waals surface area contributed by atoms with Crippen molar-refractivity contribution in [3.63, 3.8) is 0 Å². The highest BCUT2D eigenvalue weighted by atomic mass is 32.2. The van der Waals surface area contributed by atoms with E-state index in [0.29, 0.717) is 28.8 Å². The third-order valence-corrected chi connectivity index (χ3v) is 7.94. The van der Waals surface area contributed by atoms with E-state index in [1.165, 1.54) is 48.7 Å². The van der Waals surface area contributed by atoms with E-state index in [0.717, 1.165) is 18.9 Å². The lowest BCUT2D eigenvalue weighted by Gasteiger charge is -2.23. The van der Waals surface area contributed by atoms with E-state index >= 15 is 0 Å². The molecule has 1 atom stereocenters. The van der Waals surface area contributed by atoms with Crippen molar-refractivity contribution in [2.75, 3.05) is 30.6 Å². The van der Waals surface area contributed by atoms with Crippen LogP contribution in [-0.2, 0) is 24.3 Å². The number of ether oxygens (including phenoxy) is 2. The van der Waals surface area contributed by atoms with Crippen LogP contribution in [-0.4, -0.2) is 63.8 Å². The maximum Gasteiger partial charge on any atom is 0.293 e. The standard InChI is InChI=1S/C28H29N5O8S/c34-27(19-32(25-10-4-5-11-26(25)33(36)37)42(38,39)24-8-2-1-3-9-24)31-30-17-21-12-14-22(15-13-21)41-20-28(35)29-18-23-7-6-16-40-23/h1-5,8-15,17,23H,6-7,16,18-20H2,(H,29,35)(H,31,34)/b30-17-/t23-/m0/s1. The van der Waals surface area contributed by atoms with Gasteiger partial charge >= 0.3 is 0 Å². The minimum atomic E-state index is -4.34. The summed E-state index contributed by atoms with van der Waals surface area (Å²) < 4.78 is 38.4. The highest BCUT2D eigenvalue weighted by Crippen LogP contribution is 2.31. The van der Waals surface area contributed by atoms with Crippen LogP contribution >= 0.6 is 0 Å². The number of nitrogens with one attached hydrogen (secondary N) is 2. The topological polar surface area (TPSA) is 170 Å². The molecule has 0 aromatic heterocycles. The van der Waals surface area contributed by atoms with Crippen LogP contribution in [0.2, 0.25) is 0 Å². The molecule has 3 aromatic carbocycles.